The fraction of sp³-hybridized carbons (Fsp3) is 0.208. The van der Waals surface area contributed by atoms with Crippen LogP contribution in [0.15, 0.2) is 72.8 Å². The van der Waals surface area contributed by atoms with E-state index in [1.54, 1.807) is 12.1 Å². The highest BCUT2D eigenvalue weighted by Crippen LogP contribution is 2.31. The normalized spacial score (nSPS) is 13.6. The molecule has 4 rings (SSSR count). The van der Waals surface area contributed by atoms with Crippen LogP contribution in [-0.4, -0.2) is 19.1 Å². The number of carbonyl (C=O) groups is 1. The van der Waals surface area contributed by atoms with Crippen LogP contribution in [0.1, 0.15) is 29.2 Å². The third kappa shape index (κ3) is 4.74. The van der Waals surface area contributed by atoms with Gasteiger partial charge in [0.05, 0.1) is 6.04 Å². The molecule has 1 heterocycles. The Morgan fingerprint density at radius 2 is 1.59 bits per heavy atom. The summed E-state index contributed by atoms with van der Waals surface area (Å²) in [5.74, 6) is 1.09. The van der Waals surface area contributed by atoms with Gasteiger partial charge in [0, 0.05) is 6.42 Å². The summed E-state index contributed by atoms with van der Waals surface area (Å²) in [4.78, 5) is 12.7. The Kier molecular flexibility index (Phi) is 5.75. The van der Waals surface area contributed by atoms with Gasteiger partial charge in [-0.2, -0.15) is 0 Å². The maximum Gasteiger partial charge on any atom is 0.221 e. The van der Waals surface area contributed by atoms with Crippen molar-refractivity contribution >= 4 is 5.91 Å². The number of carbonyl (C=O) groups excluding carboxylic acids is 1. The first-order chi connectivity index (χ1) is 14.2. The van der Waals surface area contributed by atoms with Crippen LogP contribution < -0.4 is 14.8 Å². The average Bonchev–Trinajstić information content (AvgIpc) is 2.77. The van der Waals surface area contributed by atoms with Gasteiger partial charge in [-0.25, -0.2) is 4.39 Å². The van der Waals surface area contributed by atoms with E-state index >= 15 is 0 Å². The maximum absolute atomic E-state index is 13.3. The standard InChI is InChI=1S/C24H22FNO3/c25-20-10-8-19(9-11-20)24(18-4-2-1-3-5-18)26-23(27)13-7-17-6-12-21-22(16-17)29-15-14-28-21/h1-6,8-12,16,24H,7,13-15H2,(H,26,27). The van der Waals surface area contributed by atoms with Gasteiger partial charge in [0.15, 0.2) is 11.5 Å². The summed E-state index contributed by atoms with van der Waals surface area (Å²) in [5, 5.41) is 3.08. The Hall–Kier alpha value is -3.34. The molecule has 5 heteroatoms. The monoisotopic (exact) mass is 391 g/mol. The molecule has 0 aliphatic carbocycles. The number of amides is 1. The van der Waals surface area contributed by atoms with Gasteiger partial charge in [-0.05, 0) is 47.4 Å². The first-order valence-corrected chi connectivity index (χ1v) is 9.67. The lowest BCUT2D eigenvalue weighted by atomic mass is 9.98. The Balaban J connectivity index is 1.45. The van der Waals surface area contributed by atoms with Crippen LogP contribution in [0.3, 0.4) is 0 Å². The third-order valence-corrected chi connectivity index (χ3v) is 4.89. The SMILES string of the molecule is O=C(CCc1ccc2c(c1)OCCO2)NC(c1ccccc1)c1ccc(F)cc1. The van der Waals surface area contributed by atoms with Gasteiger partial charge in [-0.3, -0.25) is 4.79 Å². The molecule has 3 aromatic carbocycles. The van der Waals surface area contributed by atoms with E-state index in [2.05, 4.69) is 5.32 Å². The van der Waals surface area contributed by atoms with E-state index in [1.807, 2.05) is 48.5 Å². The van der Waals surface area contributed by atoms with Crippen molar-refractivity contribution in [1.29, 1.82) is 0 Å². The second kappa shape index (κ2) is 8.78. The van der Waals surface area contributed by atoms with Gasteiger partial charge in [-0.15, -0.1) is 0 Å². The molecule has 1 atom stereocenters. The number of aryl methyl sites for hydroxylation is 1. The van der Waals surface area contributed by atoms with E-state index < -0.39 is 0 Å². The minimum absolute atomic E-state index is 0.0712. The van der Waals surface area contributed by atoms with Gasteiger partial charge in [-0.1, -0.05) is 48.5 Å². The zero-order chi connectivity index (χ0) is 20.1. The van der Waals surface area contributed by atoms with Gasteiger partial charge >= 0.3 is 0 Å². The van der Waals surface area contributed by atoms with E-state index in [1.165, 1.54) is 12.1 Å². The molecule has 0 fully saturated rings. The zero-order valence-electron chi connectivity index (χ0n) is 15.9. The van der Waals surface area contributed by atoms with Crippen molar-refractivity contribution in [3.63, 3.8) is 0 Å². The van der Waals surface area contributed by atoms with Crippen LogP contribution in [0.4, 0.5) is 4.39 Å². The molecule has 148 valence electrons. The quantitative estimate of drug-likeness (QED) is 0.676. The third-order valence-electron chi connectivity index (χ3n) is 4.89. The molecule has 0 bridgehead atoms. The highest BCUT2D eigenvalue weighted by Gasteiger charge is 2.17. The van der Waals surface area contributed by atoms with Crippen molar-refractivity contribution in [1.82, 2.24) is 5.32 Å². The fourth-order valence-electron chi connectivity index (χ4n) is 3.39. The summed E-state index contributed by atoms with van der Waals surface area (Å²) in [7, 11) is 0. The molecule has 0 radical (unpaired) electrons. The summed E-state index contributed by atoms with van der Waals surface area (Å²) in [6.07, 6.45) is 0.928. The number of benzene rings is 3. The number of ether oxygens (including phenoxy) is 2. The second-order valence-corrected chi connectivity index (χ2v) is 6.94. The largest absolute Gasteiger partial charge is 0.486 e. The molecule has 1 amide bonds. The summed E-state index contributed by atoms with van der Waals surface area (Å²) in [6.45, 7) is 1.09. The summed E-state index contributed by atoms with van der Waals surface area (Å²) in [5.41, 5.74) is 2.81. The molecule has 0 spiro atoms. The van der Waals surface area contributed by atoms with Crippen LogP contribution in [0.25, 0.3) is 0 Å². The molecule has 29 heavy (non-hydrogen) atoms. The number of nitrogens with one attached hydrogen (secondary N) is 1. The number of hydrogen-bond acceptors (Lipinski definition) is 3. The molecule has 0 saturated carbocycles. The van der Waals surface area contributed by atoms with Gasteiger partial charge in [0.25, 0.3) is 0 Å². The Morgan fingerprint density at radius 1 is 0.897 bits per heavy atom. The van der Waals surface area contributed by atoms with Crippen LogP contribution >= 0.6 is 0 Å². The van der Waals surface area contributed by atoms with E-state index in [0.29, 0.717) is 26.1 Å². The lowest BCUT2D eigenvalue weighted by Gasteiger charge is -2.20. The summed E-state index contributed by atoms with van der Waals surface area (Å²) in [6, 6.07) is 21.3. The van der Waals surface area contributed by atoms with Gasteiger partial charge in [0.1, 0.15) is 19.0 Å². The summed E-state index contributed by atoms with van der Waals surface area (Å²) >= 11 is 0. The number of hydrogen-bond donors (Lipinski definition) is 1. The van der Waals surface area contributed by atoms with Crippen molar-refractivity contribution < 1.29 is 18.7 Å². The number of fused-ring (bicyclic) bond motifs is 1. The molecule has 0 aromatic heterocycles. The van der Waals surface area contributed by atoms with Crippen LogP contribution in [-0.2, 0) is 11.2 Å². The smallest absolute Gasteiger partial charge is 0.221 e. The van der Waals surface area contributed by atoms with Gasteiger partial charge < -0.3 is 14.8 Å². The lowest BCUT2D eigenvalue weighted by molar-refractivity contribution is -0.121. The predicted molar refractivity (Wildman–Crippen MR) is 109 cm³/mol. The van der Waals surface area contributed by atoms with Crippen LogP contribution in [0.5, 0.6) is 11.5 Å². The van der Waals surface area contributed by atoms with E-state index in [0.717, 1.165) is 28.2 Å². The van der Waals surface area contributed by atoms with Crippen LogP contribution in [0.2, 0.25) is 0 Å². The van der Waals surface area contributed by atoms with Crippen molar-refractivity contribution in [3.05, 3.63) is 95.3 Å². The van der Waals surface area contributed by atoms with Crippen molar-refractivity contribution in [3.8, 4) is 11.5 Å². The van der Waals surface area contributed by atoms with Crippen molar-refractivity contribution in [2.24, 2.45) is 0 Å². The topological polar surface area (TPSA) is 47.6 Å². The summed E-state index contributed by atoms with van der Waals surface area (Å²) < 4.78 is 24.5. The molecule has 1 unspecified atom stereocenters. The molecule has 4 nitrogen and oxygen atoms in total. The zero-order valence-corrected chi connectivity index (χ0v) is 15.9. The first kappa shape index (κ1) is 19.0. The minimum Gasteiger partial charge on any atom is -0.486 e. The fourth-order valence-corrected chi connectivity index (χ4v) is 3.39. The van der Waals surface area contributed by atoms with Crippen molar-refractivity contribution in [2.75, 3.05) is 13.2 Å². The molecule has 1 N–H and O–H groups in total. The second-order valence-electron chi connectivity index (χ2n) is 6.94. The Morgan fingerprint density at radius 3 is 2.34 bits per heavy atom. The molecular formula is C24H22FNO3. The number of rotatable bonds is 6. The Labute approximate surface area is 169 Å². The molecule has 0 saturated heterocycles. The Bertz CT molecular complexity index is 973. The van der Waals surface area contributed by atoms with Gasteiger partial charge in [0.2, 0.25) is 5.91 Å². The average molecular weight is 391 g/mol. The predicted octanol–water partition coefficient (Wildman–Crippen LogP) is 4.44. The molecule has 1 aliphatic rings. The molecule has 3 aromatic rings. The van der Waals surface area contributed by atoms with Crippen molar-refractivity contribution in [2.45, 2.75) is 18.9 Å². The van der Waals surface area contributed by atoms with E-state index in [-0.39, 0.29) is 17.8 Å². The molecule has 1 aliphatic heterocycles. The number of halogens is 1. The minimum atomic E-state index is -0.329. The van der Waals surface area contributed by atoms with Crippen LogP contribution in [0, 0.1) is 5.82 Å². The van der Waals surface area contributed by atoms with E-state index in [9.17, 15) is 9.18 Å². The highest BCUT2D eigenvalue weighted by molar-refractivity contribution is 5.77. The first-order valence-electron chi connectivity index (χ1n) is 9.67. The maximum atomic E-state index is 13.3. The molecular weight excluding hydrogens is 369 g/mol. The highest BCUT2D eigenvalue weighted by atomic mass is 19.1. The van der Waals surface area contributed by atoms with E-state index in [4.69, 9.17) is 9.47 Å². The lowest BCUT2D eigenvalue weighted by Crippen LogP contribution is -2.29.